The maximum absolute atomic E-state index is 15.5. The molecule has 5 aliphatic heterocycles. The van der Waals surface area contributed by atoms with Crippen molar-refractivity contribution in [2.45, 2.75) is 285 Å². The van der Waals surface area contributed by atoms with Crippen LogP contribution in [-0.2, 0) is 52.2 Å². The standard InChI is InChI=1S/C61H102O29/c1-24-27(19-62)83-51(46(75)37(24)66)81-22-30-40(69)44(73)48(77)53(86-30)89-36(57(4,5)79)15-17-60(8,80)32-14-16-58(6)33-12-10-25-26(61(33,9)34(65)18-59(32,58)7)11-13-35(56(25,2)3)88-55-50(90-54-49(78)43(72)39(68)29(21-64)85-54)45(74)41(70)31(87-55)23-82-52-47(76)42(71)38(67)28(20-63)84-52/h10,24,26-33,35-55,62-64,66-80H,11-23H2,1-9H3. The smallest absolute Gasteiger partial charge is 0.187 e. The van der Waals surface area contributed by atoms with Gasteiger partial charge < -0.3 is 139 Å². The number of rotatable bonds is 20. The average molecular weight is 1300 g/mol. The number of fused-ring (bicyclic) bond motifs is 5. The zero-order valence-electron chi connectivity index (χ0n) is 52.6. The van der Waals surface area contributed by atoms with Gasteiger partial charge in [-0.1, -0.05) is 53.2 Å². The molecule has 9 aliphatic rings. The Hall–Kier alpha value is -1.71. The second-order valence-electron chi connectivity index (χ2n) is 29.2. The van der Waals surface area contributed by atoms with Crippen molar-refractivity contribution in [2.75, 3.05) is 33.0 Å². The van der Waals surface area contributed by atoms with E-state index >= 15 is 4.79 Å². The number of allylic oxidation sites excluding steroid dienone is 1. The molecule has 3 saturated carbocycles. The van der Waals surface area contributed by atoms with Crippen LogP contribution in [0.25, 0.3) is 0 Å². The molecule has 5 saturated heterocycles. The van der Waals surface area contributed by atoms with E-state index in [9.17, 15) is 91.9 Å². The fraction of sp³-hybridized carbons (Fsp3) is 0.951. The first-order valence-electron chi connectivity index (χ1n) is 31.8. The molecule has 0 aromatic carbocycles. The van der Waals surface area contributed by atoms with E-state index in [4.69, 9.17) is 47.4 Å². The Bertz CT molecular complexity index is 2440. The Balaban J connectivity index is 0.900. The first kappa shape index (κ1) is 72.6. The molecule has 0 radical (unpaired) electrons. The van der Waals surface area contributed by atoms with Crippen LogP contribution in [0, 0.1) is 45.3 Å². The van der Waals surface area contributed by atoms with E-state index in [-0.39, 0.29) is 36.9 Å². The summed E-state index contributed by atoms with van der Waals surface area (Å²) >= 11 is 0. The van der Waals surface area contributed by atoms with E-state index in [0.717, 1.165) is 5.57 Å². The summed E-state index contributed by atoms with van der Waals surface area (Å²) in [5.74, 6) is -1.56. The lowest BCUT2D eigenvalue weighted by Gasteiger charge is -2.65. The second kappa shape index (κ2) is 27.3. The topological polar surface area (TPSA) is 474 Å². The molecule has 29 heteroatoms. The number of ketones is 1. The van der Waals surface area contributed by atoms with Gasteiger partial charge in [-0.2, -0.15) is 0 Å². The lowest BCUT2D eigenvalue weighted by Crippen LogP contribution is -2.66. The average Bonchev–Trinajstić information content (AvgIpc) is 1.36. The van der Waals surface area contributed by atoms with Crippen molar-refractivity contribution in [2.24, 2.45) is 45.3 Å². The van der Waals surface area contributed by atoms with Crippen molar-refractivity contribution in [3.8, 4) is 0 Å². The Morgan fingerprint density at radius 1 is 0.556 bits per heavy atom. The van der Waals surface area contributed by atoms with Crippen LogP contribution in [0.3, 0.4) is 0 Å². The SMILES string of the molecule is CC1C(CO)OC(OCC2OC(OC(CCC(C)(O)C3CCC4(C)C5CC=C6C(CCC(OC7OC(COC8OC(CO)C(O)C(O)C8O)C(O)C(O)C7OC7OC(CO)C(O)C(O)C7O)C6(C)C)C5(C)C(=O)CC34C)C(C)(C)O)C(O)C(O)C2O)C(O)C1O. The summed E-state index contributed by atoms with van der Waals surface area (Å²) in [6.45, 7) is 13.2. The third-order valence-corrected chi connectivity index (χ3v) is 23.0. The van der Waals surface area contributed by atoms with Gasteiger partial charge in [0.05, 0.1) is 68.7 Å². The molecule has 0 aromatic rings. The summed E-state index contributed by atoms with van der Waals surface area (Å²) in [6.07, 6.45) is -36.5. The Morgan fingerprint density at radius 3 is 1.59 bits per heavy atom. The summed E-state index contributed by atoms with van der Waals surface area (Å²) in [4.78, 5) is 15.5. The number of aliphatic hydroxyl groups excluding tert-OH is 16. The molecule has 4 aliphatic carbocycles. The summed E-state index contributed by atoms with van der Waals surface area (Å²) in [5.41, 5.74) is -5.21. The van der Waals surface area contributed by atoms with Gasteiger partial charge in [0.1, 0.15) is 110 Å². The Kier molecular flexibility index (Phi) is 22.0. The molecule has 9 rings (SSSR count). The van der Waals surface area contributed by atoms with Crippen LogP contribution in [0.15, 0.2) is 11.6 Å². The third kappa shape index (κ3) is 12.9. The van der Waals surface area contributed by atoms with Crippen LogP contribution in [0.5, 0.6) is 0 Å². The first-order valence-corrected chi connectivity index (χ1v) is 31.8. The maximum Gasteiger partial charge on any atom is 0.187 e. The van der Waals surface area contributed by atoms with Crippen molar-refractivity contribution in [3.63, 3.8) is 0 Å². The van der Waals surface area contributed by atoms with E-state index in [1.807, 2.05) is 20.8 Å². The molecule has 18 N–H and O–H groups in total. The number of aliphatic hydroxyl groups is 18. The molecule has 34 unspecified atom stereocenters. The second-order valence-corrected chi connectivity index (χ2v) is 29.2. The number of carbonyl (C=O) groups is 1. The largest absolute Gasteiger partial charge is 0.394 e. The van der Waals surface area contributed by atoms with Gasteiger partial charge in [0.2, 0.25) is 0 Å². The van der Waals surface area contributed by atoms with E-state index in [0.29, 0.717) is 32.1 Å². The van der Waals surface area contributed by atoms with Crippen LogP contribution in [0.2, 0.25) is 0 Å². The molecular weight excluding hydrogens is 1200 g/mol. The lowest BCUT2D eigenvalue weighted by atomic mass is 9.38. The van der Waals surface area contributed by atoms with Crippen LogP contribution >= 0.6 is 0 Å². The fourth-order valence-corrected chi connectivity index (χ4v) is 17.0. The van der Waals surface area contributed by atoms with Gasteiger partial charge in [0.15, 0.2) is 31.5 Å². The van der Waals surface area contributed by atoms with E-state index < -0.39 is 237 Å². The van der Waals surface area contributed by atoms with Crippen molar-refractivity contribution < 1.29 is 144 Å². The quantitative estimate of drug-likeness (QED) is 0.0509. The molecule has 0 amide bonds. The zero-order chi connectivity index (χ0) is 66.4. The molecule has 520 valence electrons. The minimum Gasteiger partial charge on any atom is -0.394 e. The van der Waals surface area contributed by atoms with Gasteiger partial charge in [-0.15, -0.1) is 0 Å². The molecule has 90 heavy (non-hydrogen) atoms. The van der Waals surface area contributed by atoms with Gasteiger partial charge in [0.25, 0.3) is 0 Å². The Labute approximate surface area is 522 Å². The zero-order valence-corrected chi connectivity index (χ0v) is 52.6. The van der Waals surface area contributed by atoms with Crippen molar-refractivity contribution in [1.82, 2.24) is 0 Å². The fourth-order valence-electron chi connectivity index (χ4n) is 17.0. The van der Waals surface area contributed by atoms with Crippen LogP contribution in [-0.4, -0.2) is 302 Å². The predicted octanol–water partition coefficient (Wildman–Crippen LogP) is -4.81. The summed E-state index contributed by atoms with van der Waals surface area (Å²) in [7, 11) is 0. The molecule has 0 aromatic heterocycles. The van der Waals surface area contributed by atoms with Crippen LogP contribution in [0.1, 0.15) is 114 Å². The van der Waals surface area contributed by atoms with Gasteiger partial charge in [-0.25, -0.2) is 0 Å². The third-order valence-electron chi connectivity index (χ3n) is 23.0. The van der Waals surface area contributed by atoms with Crippen LogP contribution < -0.4 is 0 Å². The van der Waals surface area contributed by atoms with Gasteiger partial charge in [-0.05, 0) is 94.3 Å². The minimum absolute atomic E-state index is 0.00283. The van der Waals surface area contributed by atoms with Gasteiger partial charge >= 0.3 is 0 Å². The highest BCUT2D eigenvalue weighted by atomic mass is 16.8. The molecule has 0 bridgehead atoms. The molecular formula is C61H102O29. The molecule has 34 atom stereocenters. The summed E-state index contributed by atoms with van der Waals surface area (Å²) < 4.78 is 59.6. The lowest BCUT2D eigenvalue weighted by molar-refractivity contribution is -0.379. The van der Waals surface area contributed by atoms with Gasteiger partial charge in [0, 0.05) is 23.2 Å². The van der Waals surface area contributed by atoms with E-state index in [2.05, 4.69) is 19.9 Å². The van der Waals surface area contributed by atoms with Crippen molar-refractivity contribution in [3.05, 3.63) is 11.6 Å². The highest BCUT2D eigenvalue weighted by Gasteiger charge is 2.72. The first-order chi connectivity index (χ1) is 41.9. The molecule has 29 nitrogen and oxygen atoms in total. The monoisotopic (exact) mass is 1300 g/mol. The number of hydrogen-bond donors (Lipinski definition) is 18. The highest BCUT2D eigenvalue weighted by molar-refractivity contribution is 5.88. The van der Waals surface area contributed by atoms with E-state index in [1.165, 1.54) is 13.8 Å². The number of Topliss-reactive ketones (excluding diaryl/α,β-unsaturated/α-hetero) is 1. The number of carbonyl (C=O) groups excluding carboxylic acids is 1. The Morgan fingerprint density at radius 2 is 1.03 bits per heavy atom. The van der Waals surface area contributed by atoms with E-state index in [1.54, 1.807) is 13.8 Å². The molecule has 8 fully saturated rings. The summed E-state index contributed by atoms with van der Waals surface area (Å²) in [6, 6.07) is 0. The highest BCUT2D eigenvalue weighted by Crippen LogP contribution is 2.74. The predicted molar refractivity (Wildman–Crippen MR) is 304 cm³/mol. The van der Waals surface area contributed by atoms with Gasteiger partial charge in [-0.3, -0.25) is 4.79 Å². The minimum atomic E-state index is -1.93. The number of ether oxygens (including phenoxy) is 10. The summed E-state index contributed by atoms with van der Waals surface area (Å²) in [5, 5.41) is 195. The maximum atomic E-state index is 15.5. The number of hydrogen-bond acceptors (Lipinski definition) is 29. The molecule has 0 spiro atoms. The van der Waals surface area contributed by atoms with Crippen LogP contribution in [0.4, 0.5) is 0 Å². The normalized spacial score (nSPS) is 50.9. The van der Waals surface area contributed by atoms with Crippen molar-refractivity contribution in [1.29, 1.82) is 0 Å². The molecule has 5 heterocycles. The van der Waals surface area contributed by atoms with Crippen molar-refractivity contribution >= 4 is 5.78 Å².